The summed E-state index contributed by atoms with van der Waals surface area (Å²) >= 11 is 1.36. The maximum absolute atomic E-state index is 11.9. The van der Waals surface area contributed by atoms with E-state index < -0.39 is 0 Å². The molecule has 2 N–H and O–H groups in total. The second-order valence-electron chi connectivity index (χ2n) is 5.07. The topological polar surface area (TPSA) is 66.9 Å². The zero-order chi connectivity index (χ0) is 15.9. The van der Waals surface area contributed by atoms with Crippen LogP contribution < -0.4 is 10.6 Å². The lowest BCUT2D eigenvalue weighted by Crippen LogP contribution is -2.33. The summed E-state index contributed by atoms with van der Waals surface area (Å²) in [4.78, 5) is 20.9. The molecular weight excluding hydrogens is 296 g/mol. The van der Waals surface area contributed by atoms with Crippen LogP contribution in [0.2, 0.25) is 0 Å². The summed E-state index contributed by atoms with van der Waals surface area (Å²) in [5, 5.41) is 7.82. The molecule has 1 atom stereocenters. The van der Waals surface area contributed by atoms with Gasteiger partial charge in [-0.15, -0.1) is 0 Å². The van der Waals surface area contributed by atoms with Gasteiger partial charge in [-0.1, -0.05) is 30.8 Å². The van der Waals surface area contributed by atoms with E-state index in [2.05, 4.69) is 20.6 Å². The molecule has 0 aliphatic carbocycles. The van der Waals surface area contributed by atoms with Crippen LogP contribution in [0.15, 0.2) is 29.4 Å². The molecular formula is C16H22N4OS. The van der Waals surface area contributed by atoms with Crippen LogP contribution >= 0.6 is 11.8 Å². The highest BCUT2D eigenvalue weighted by molar-refractivity contribution is 7.99. The number of nitrogens with zero attached hydrogens (tertiary/aromatic N) is 2. The fourth-order valence-corrected chi connectivity index (χ4v) is 2.63. The van der Waals surface area contributed by atoms with Crippen LogP contribution in [0.25, 0.3) is 10.9 Å². The number of thioether (sulfide) groups is 1. The van der Waals surface area contributed by atoms with Crippen LogP contribution in [0.4, 0.5) is 5.82 Å². The molecule has 0 spiro atoms. The van der Waals surface area contributed by atoms with Crippen LogP contribution in [0.1, 0.15) is 27.2 Å². The van der Waals surface area contributed by atoms with Gasteiger partial charge < -0.3 is 10.6 Å². The number of para-hydroxylation sites is 1. The molecule has 0 saturated heterocycles. The Bertz CT molecular complexity index is 647. The van der Waals surface area contributed by atoms with Gasteiger partial charge in [0.1, 0.15) is 5.82 Å². The molecule has 1 heterocycles. The summed E-state index contributed by atoms with van der Waals surface area (Å²) in [5.41, 5.74) is 0.887. The Labute approximate surface area is 135 Å². The number of carbonyl (C=O) groups excluding carboxylic acids is 1. The van der Waals surface area contributed by atoms with Gasteiger partial charge in [-0.25, -0.2) is 9.97 Å². The van der Waals surface area contributed by atoms with Gasteiger partial charge in [0.25, 0.3) is 0 Å². The van der Waals surface area contributed by atoms with E-state index >= 15 is 0 Å². The van der Waals surface area contributed by atoms with Crippen molar-refractivity contribution in [1.82, 2.24) is 15.3 Å². The summed E-state index contributed by atoms with van der Waals surface area (Å²) in [6.45, 7) is 6.87. The highest BCUT2D eigenvalue weighted by Crippen LogP contribution is 2.24. The molecule has 6 heteroatoms. The van der Waals surface area contributed by atoms with Crippen molar-refractivity contribution in [2.45, 2.75) is 38.4 Å². The van der Waals surface area contributed by atoms with Gasteiger partial charge in [0.05, 0.1) is 11.3 Å². The largest absolute Gasteiger partial charge is 0.370 e. The number of aromatic nitrogens is 2. The normalized spacial score (nSPS) is 12.1. The van der Waals surface area contributed by atoms with E-state index in [0.717, 1.165) is 29.7 Å². The Hall–Kier alpha value is -1.82. The van der Waals surface area contributed by atoms with Crippen LogP contribution in [-0.2, 0) is 4.79 Å². The van der Waals surface area contributed by atoms with Gasteiger partial charge in [0.15, 0.2) is 5.16 Å². The molecule has 0 aliphatic heterocycles. The Morgan fingerprint density at radius 1 is 1.27 bits per heavy atom. The van der Waals surface area contributed by atoms with Crippen molar-refractivity contribution in [3.8, 4) is 0 Å². The summed E-state index contributed by atoms with van der Waals surface area (Å²) in [7, 11) is 0. The van der Waals surface area contributed by atoms with Crippen molar-refractivity contribution in [1.29, 1.82) is 0 Å². The average Bonchev–Trinajstić information content (AvgIpc) is 2.53. The molecule has 2 aromatic rings. The molecule has 1 amide bonds. The predicted octanol–water partition coefficient (Wildman–Crippen LogP) is 3.07. The van der Waals surface area contributed by atoms with Crippen LogP contribution in [0.5, 0.6) is 0 Å². The van der Waals surface area contributed by atoms with Crippen molar-refractivity contribution >= 4 is 34.4 Å². The Balaban J connectivity index is 2.12. The van der Waals surface area contributed by atoms with Crippen LogP contribution in [0, 0.1) is 0 Å². The second-order valence-corrected chi connectivity index (χ2v) is 6.01. The molecule has 118 valence electrons. The third-order valence-electron chi connectivity index (χ3n) is 3.28. The summed E-state index contributed by atoms with van der Waals surface area (Å²) < 4.78 is 0. The summed E-state index contributed by atoms with van der Waals surface area (Å²) in [6.07, 6.45) is 0.924. The smallest absolute Gasteiger partial charge is 0.230 e. The quantitative estimate of drug-likeness (QED) is 0.606. The highest BCUT2D eigenvalue weighted by atomic mass is 32.2. The van der Waals surface area contributed by atoms with E-state index in [1.807, 2.05) is 45.0 Å². The van der Waals surface area contributed by atoms with Crippen LogP contribution in [0.3, 0.4) is 0 Å². The number of hydrogen-bond acceptors (Lipinski definition) is 5. The standard InChI is InChI=1S/C16H22N4OS/c1-4-11(3)18-14(21)10-22-16-19-13-9-7-6-8-12(13)15(20-16)17-5-2/h6-9,11H,4-5,10H2,1-3H3,(H,18,21)(H,17,19,20). The Kier molecular flexibility index (Phi) is 6.00. The minimum Gasteiger partial charge on any atom is -0.370 e. The van der Waals surface area contributed by atoms with E-state index in [9.17, 15) is 4.79 Å². The fourth-order valence-electron chi connectivity index (χ4n) is 1.97. The van der Waals surface area contributed by atoms with Gasteiger partial charge in [0, 0.05) is 18.0 Å². The number of anilines is 1. The van der Waals surface area contributed by atoms with E-state index in [-0.39, 0.29) is 11.9 Å². The molecule has 0 saturated carbocycles. The number of amides is 1. The first kappa shape index (κ1) is 16.5. The van der Waals surface area contributed by atoms with E-state index in [0.29, 0.717) is 10.9 Å². The number of benzene rings is 1. The molecule has 1 aromatic heterocycles. The third kappa shape index (κ3) is 4.34. The fraction of sp³-hybridized carbons (Fsp3) is 0.438. The molecule has 0 fully saturated rings. The van der Waals surface area contributed by atoms with E-state index in [4.69, 9.17) is 0 Å². The number of hydrogen-bond donors (Lipinski definition) is 2. The first-order chi connectivity index (χ1) is 10.6. The summed E-state index contributed by atoms with van der Waals surface area (Å²) in [6, 6.07) is 8.08. The SMILES string of the molecule is CCNc1nc(SCC(=O)NC(C)CC)nc2ccccc12. The van der Waals surface area contributed by atoms with Gasteiger partial charge in [-0.2, -0.15) is 0 Å². The van der Waals surface area contributed by atoms with Crippen molar-refractivity contribution in [2.75, 3.05) is 17.6 Å². The molecule has 22 heavy (non-hydrogen) atoms. The first-order valence-electron chi connectivity index (χ1n) is 7.56. The Morgan fingerprint density at radius 3 is 2.77 bits per heavy atom. The summed E-state index contributed by atoms with van der Waals surface area (Å²) in [5.74, 6) is 1.16. The molecule has 1 unspecified atom stereocenters. The minimum absolute atomic E-state index is 0.0149. The first-order valence-corrected chi connectivity index (χ1v) is 8.55. The maximum atomic E-state index is 11.9. The highest BCUT2D eigenvalue weighted by Gasteiger charge is 2.10. The zero-order valence-electron chi connectivity index (χ0n) is 13.2. The van der Waals surface area contributed by atoms with Crippen molar-refractivity contribution < 1.29 is 4.79 Å². The van der Waals surface area contributed by atoms with Crippen LogP contribution in [-0.4, -0.2) is 34.2 Å². The molecule has 1 aromatic carbocycles. The molecule has 2 rings (SSSR count). The second kappa shape index (κ2) is 7.98. The maximum Gasteiger partial charge on any atom is 0.230 e. The predicted molar refractivity (Wildman–Crippen MR) is 92.3 cm³/mol. The zero-order valence-corrected chi connectivity index (χ0v) is 14.0. The minimum atomic E-state index is 0.0149. The van der Waals surface area contributed by atoms with Gasteiger partial charge in [-0.3, -0.25) is 4.79 Å². The number of carbonyl (C=O) groups is 1. The van der Waals surface area contributed by atoms with Gasteiger partial charge >= 0.3 is 0 Å². The van der Waals surface area contributed by atoms with Crippen molar-refractivity contribution in [2.24, 2.45) is 0 Å². The van der Waals surface area contributed by atoms with E-state index in [1.54, 1.807) is 0 Å². The molecule has 5 nitrogen and oxygen atoms in total. The van der Waals surface area contributed by atoms with Crippen molar-refractivity contribution in [3.05, 3.63) is 24.3 Å². The number of fused-ring (bicyclic) bond motifs is 1. The average molecular weight is 318 g/mol. The molecule has 0 aliphatic rings. The van der Waals surface area contributed by atoms with Gasteiger partial charge in [-0.05, 0) is 32.4 Å². The third-order valence-corrected chi connectivity index (χ3v) is 4.13. The lowest BCUT2D eigenvalue weighted by atomic mass is 10.2. The van der Waals surface area contributed by atoms with Gasteiger partial charge in [0.2, 0.25) is 5.91 Å². The molecule has 0 radical (unpaired) electrons. The monoisotopic (exact) mass is 318 g/mol. The van der Waals surface area contributed by atoms with Crippen molar-refractivity contribution in [3.63, 3.8) is 0 Å². The Morgan fingerprint density at radius 2 is 2.05 bits per heavy atom. The lowest BCUT2D eigenvalue weighted by Gasteiger charge is -2.11. The number of nitrogens with one attached hydrogen (secondary N) is 2. The molecule has 0 bridgehead atoms. The lowest BCUT2D eigenvalue weighted by molar-refractivity contribution is -0.119. The van der Waals surface area contributed by atoms with E-state index in [1.165, 1.54) is 11.8 Å². The number of rotatable bonds is 7.